The predicted octanol–water partition coefficient (Wildman–Crippen LogP) is 4.06. The molecule has 4 nitrogen and oxygen atoms in total. The topological polar surface area (TPSA) is 53.1 Å². The van der Waals surface area contributed by atoms with Crippen molar-refractivity contribution in [2.75, 3.05) is 5.73 Å². The summed E-state index contributed by atoms with van der Waals surface area (Å²) in [6.07, 6.45) is 0.150. The molecule has 0 saturated heterocycles. The second-order valence-electron chi connectivity index (χ2n) is 5.80. The van der Waals surface area contributed by atoms with Gasteiger partial charge in [-0.2, -0.15) is 0 Å². The average molecular weight is 287 g/mol. The normalized spacial score (nSPS) is 11.4. The predicted molar refractivity (Wildman–Crippen MR) is 87.6 cm³/mol. The second kappa shape index (κ2) is 6.20. The van der Waals surface area contributed by atoms with Gasteiger partial charge in [-0.15, -0.1) is 0 Å². The zero-order chi connectivity index (χ0) is 15.6. The molecule has 1 heterocycles. The van der Waals surface area contributed by atoms with Gasteiger partial charge in [0, 0.05) is 18.0 Å². The lowest BCUT2D eigenvalue weighted by molar-refractivity contribution is 0.242. The number of aromatic nitrogens is 2. The number of nitrogen functional groups attached to an aromatic ring is 1. The van der Waals surface area contributed by atoms with Gasteiger partial charge in [-0.05, 0) is 32.9 Å². The second-order valence-corrected chi connectivity index (χ2v) is 5.80. The summed E-state index contributed by atoms with van der Waals surface area (Å²) >= 11 is 0. The number of imidazole rings is 1. The molecule has 0 aliphatic carbocycles. The first kappa shape index (κ1) is 15.4. The minimum atomic E-state index is 0.150. The average Bonchev–Trinajstić information content (AvgIpc) is 2.75. The third-order valence-corrected chi connectivity index (χ3v) is 3.35. The molecule has 1 aromatic heterocycles. The van der Waals surface area contributed by atoms with Crippen LogP contribution in [0, 0.1) is 0 Å². The molecular formula is C17H25N3O. The smallest absolute Gasteiger partial charge is 0.131 e. The lowest BCUT2D eigenvalue weighted by Gasteiger charge is -2.10. The number of hydrogen-bond acceptors (Lipinski definition) is 3. The van der Waals surface area contributed by atoms with Crippen LogP contribution < -0.4 is 10.5 Å². The van der Waals surface area contributed by atoms with Crippen molar-refractivity contribution >= 4 is 5.82 Å². The molecule has 0 fully saturated rings. The molecule has 0 aliphatic heterocycles. The maximum Gasteiger partial charge on any atom is 0.131 e. The molecule has 2 N–H and O–H groups in total. The molecule has 0 aliphatic rings. The highest BCUT2D eigenvalue weighted by atomic mass is 16.5. The van der Waals surface area contributed by atoms with Gasteiger partial charge >= 0.3 is 0 Å². The van der Waals surface area contributed by atoms with Crippen molar-refractivity contribution in [2.24, 2.45) is 0 Å². The van der Waals surface area contributed by atoms with Crippen LogP contribution in [-0.2, 0) is 6.54 Å². The molecule has 0 atom stereocenters. The van der Waals surface area contributed by atoms with E-state index in [9.17, 15) is 0 Å². The van der Waals surface area contributed by atoms with Crippen molar-refractivity contribution in [3.63, 3.8) is 0 Å². The number of nitrogens with two attached hydrogens (primary N) is 1. The Bertz CT molecular complexity index is 614. The van der Waals surface area contributed by atoms with E-state index in [1.165, 1.54) is 0 Å². The van der Waals surface area contributed by atoms with E-state index >= 15 is 0 Å². The maximum absolute atomic E-state index is 6.30. The van der Waals surface area contributed by atoms with Crippen molar-refractivity contribution in [1.29, 1.82) is 0 Å². The molecule has 1 aromatic carbocycles. The van der Waals surface area contributed by atoms with Crippen LogP contribution in [0.3, 0.4) is 0 Å². The number of rotatable bonds is 5. The highest BCUT2D eigenvalue weighted by Crippen LogP contribution is 2.31. The van der Waals surface area contributed by atoms with Crippen LogP contribution in [0.1, 0.15) is 46.4 Å². The molecule has 0 unspecified atom stereocenters. The summed E-state index contributed by atoms with van der Waals surface area (Å²) in [5.74, 6) is 2.94. The Morgan fingerprint density at radius 3 is 2.48 bits per heavy atom. The molecule has 2 rings (SSSR count). The number of ether oxygens (including phenoxy) is 1. The Morgan fingerprint density at radius 1 is 1.24 bits per heavy atom. The lowest BCUT2D eigenvalue weighted by Crippen LogP contribution is -2.06. The van der Waals surface area contributed by atoms with E-state index in [4.69, 9.17) is 15.5 Å². The third-order valence-electron chi connectivity index (χ3n) is 3.35. The van der Waals surface area contributed by atoms with Crippen molar-refractivity contribution in [3.8, 4) is 17.0 Å². The SMILES string of the molecule is CCn1c(C(C)C)nc(-c2cccc(OC(C)C)c2)c1N. The minimum absolute atomic E-state index is 0.150. The molecule has 2 aromatic rings. The van der Waals surface area contributed by atoms with Crippen molar-refractivity contribution in [2.45, 2.75) is 53.2 Å². The molecule has 0 saturated carbocycles. The fraction of sp³-hybridized carbons (Fsp3) is 0.471. The van der Waals surface area contributed by atoms with Crippen LogP contribution in [0.2, 0.25) is 0 Å². The highest BCUT2D eigenvalue weighted by Gasteiger charge is 2.17. The van der Waals surface area contributed by atoms with E-state index in [1.54, 1.807) is 0 Å². The summed E-state index contributed by atoms with van der Waals surface area (Å²) in [6.45, 7) is 11.2. The Balaban J connectivity index is 2.47. The molecule has 0 radical (unpaired) electrons. The van der Waals surface area contributed by atoms with E-state index in [2.05, 4.69) is 25.3 Å². The Hall–Kier alpha value is -1.97. The van der Waals surface area contributed by atoms with Crippen LogP contribution in [-0.4, -0.2) is 15.7 Å². The van der Waals surface area contributed by atoms with E-state index < -0.39 is 0 Å². The van der Waals surface area contributed by atoms with E-state index in [0.29, 0.717) is 5.92 Å². The Morgan fingerprint density at radius 2 is 1.95 bits per heavy atom. The van der Waals surface area contributed by atoms with E-state index in [-0.39, 0.29) is 6.10 Å². The largest absolute Gasteiger partial charge is 0.491 e. The monoisotopic (exact) mass is 287 g/mol. The van der Waals surface area contributed by atoms with Gasteiger partial charge in [-0.3, -0.25) is 0 Å². The van der Waals surface area contributed by atoms with Gasteiger partial charge in [0.1, 0.15) is 23.1 Å². The van der Waals surface area contributed by atoms with Gasteiger partial charge in [-0.25, -0.2) is 4.98 Å². The van der Waals surface area contributed by atoms with Crippen LogP contribution in [0.4, 0.5) is 5.82 Å². The quantitative estimate of drug-likeness (QED) is 0.902. The molecule has 0 amide bonds. The van der Waals surface area contributed by atoms with Gasteiger partial charge in [0.05, 0.1) is 6.10 Å². The summed E-state index contributed by atoms with van der Waals surface area (Å²) in [4.78, 5) is 4.75. The standard InChI is InChI=1S/C17H25N3O/c1-6-20-16(18)15(19-17(20)11(2)3)13-8-7-9-14(10-13)21-12(4)5/h7-12H,6,18H2,1-5H3. The molecule has 0 spiro atoms. The molecule has 114 valence electrons. The lowest BCUT2D eigenvalue weighted by atomic mass is 10.1. The summed E-state index contributed by atoms with van der Waals surface area (Å²) < 4.78 is 7.83. The highest BCUT2D eigenvalue weighted by molar-refractivity contribution is 5.72. The summed E-state index contributed by atoms with van der Waals surface area (Å²) in [5, 5.41) is 0. The molecular weight excluding hydrogens is 262 g/mol. The van der Waals surface area contributed by atoms with Crippen molar-refractivity contribution < 1.29 is 4.74 Å². The summed E-state index contributed by atoms with van der Waals surface area (Å²) in [7, 11) is 0. The maximum atomic E-state index is 6.30. The zero-order valence-electron chi connectivity index (χ0n) is 13.6. The first-order valence-electron chi connectivity index (χ1n) is 7.57. The Kier molecular flexibility index (Phi) is 4.56. The van der Waals surface area contributed by atoms with Gasteiger partial charge in [0.15, 0.2) is 0 Å². The number of anilines is 1. The van der Waals surface area contributed by atoms with Crippen LogP contribution >= 0.6 is 0 Å². The molecule has 0 bridgehead atoms. The van der Waals surface area contributed by atoms with E-state index in [1.807, 2.05) is 38.1 Å². The van der Waals surface area contributed by atoms with Gasteiger partial charge in [0.2, 0.25) is 0 Å². The fourth-order valence-corrected chi connectivity index (χ4v) is 2.46. The molecule has 21 heavy (non-hydrogen) atoms. The van der Waals surface area contributed by atoms with Crippen LogP contribution in [0.25, 0.3) is 11.3 Å². The minimum Gasteiger partial charge on any atom is -0.491 e. The number of benzene rings is 1. The zero-order valence-corrected chi connectivity index (χ0v) is 13.6. The number of hydrogen-bond donors (Lipinski definition) is 1. The summed E-state index contributed by atoms with van der Waals surface area (Å²) in [6, 6.07) is 7.96. The number of nitrogens with zero attached hydrogens (tertiary/aromatic N) is 2. The fourth-order valence-electron chi connectivity index (χ4n) is 2.46. The van der Waals surface area contributed by atoms with Gasteiger partial charge in [0.25, 0.3) is 0 Å². The Labute approximate surface area is 127 Å². The van der Waals surface area contributed by atoms with Gasteiger partial charge in [-0.1, -0.05) is 26.0 Å². The van der Waals surface area contributed by atoms with Crippen molar-refractivity contribution in [1.82, 2.24) is 9.55 Å². The van der Waals surface area contributed by atoms with Gasteiger partial charge < -0.3 is 15.0 Å². The third kappa shape index (κ3) is 3.20. The molecule has 4 heteroatoms. The first-order valence-corrected chi connectivity index (χ1v) is 7.57. The van der Waals surface area contributed by atoms with Crippen LogP contribution in [0.5, 0.6) is 5.75 Å². The van der Waals surface area contributed by atoms with E-state index in [0.717, 1.165) is 35.2 Å². The van der Waals surface area contributed by atoms with Crippen LogP contribution in [0.15, 0.2) is 24.3 Å². The first-order chi connectivity index (χ1) is 9.93. The summed E-state index contributed by atoms with van der Waals surface area (Å²) in [5.41, 5.74) is 8.14. The van der Waals surface area contributed by atoms with Crippen molar-refractivity contribution in [3.05, 3.63) is 30.1 Å².